The number of carbonyl (C=O) groups excluding carboxylic acids is 1. The van der Waals surface area contributed by atoms with Crippen LogP contribution in [0.5, 0.6) is 0 Å². The van der Waals surface area contributed by atoms with Gasteiger partial charge in [-0.2, -0.15) is 0 Å². The molecule has 0 bridgehead atoms. The standard InChI is InChI=1S/C20H18N4O/c1-14-8-10-15(11-9-14)22-19(25)13-24-18-7-3-2-5-16(18)23-20(24)17-6-4-12-21-17/h2-3,5-12H,4,13H2,1H3,(H,22,25). The van der Waals surface area contributed by atoms with Crippen molar-refractivity contribution in [1.29, 1.82) is 0 Å². The summed E-state index contributed by atoms with van der Waals surface area (Å²) >= 11 is 0. The summed E-state index contributed by atoms with van der Waals surface area (Å²) in [5.41, 5.74) is 4.56. The highest BCUT2D eigenvalue weighted by Crippen LogP contribution is 2.24. The number of benzene rings is 2. The van der Waals surface area contributed by atoms with Crippen LogP contribution in [0.4, 0.5) is 5.69 Å². The van der Waals surface area contributed by atoms with Crippen molar-refractivity contribution in [2.45, 2.75) is 19.9 Å². The fraction of sp³-hybridized carbons (Fsp3) is 0.150. The van der Waals surface area contributed by atoms with Crippen LogP contribution >= 0.6 is 0 Å². The molecule has 1 amide bonds. The normalized spacial score (nSPS) is 13.2. The first-order valence-corrected chi connectivity index (χ1v) is 8.25. The van der Waals surface area contributed by atoms with Crippen LogP contribution in [0.15, 0.2) is 59.6 Å². The van der Waals surface area contributed by atoms with Crippen LogP contribution in [0.3, 0.4) is 0 Å². The summed E-state index contributed by atoms with van der Waals surface area (Å²) < 4.78 is 1.92. The van der Waals surface area contributed by atoms with Crippen molar-refractivity contribution in [1.82, 2.24) is 9.55 Å². The quantitative estimate of drug-likeness (QED) is 0.791. The van der Waals surface area contributed by atoms with E-state index in [0.29, 0.717) is 0 Å². The van der Waals surface area contributed by atoms with Crippen molar-refractivity contribution < 1.29 is 4.79 Å². The molecule has 0 saturated carbocycles. The van der Waals surface area contributed by atoms with E-state index in [9.17, 15) is 4.79 Å². The molecule has 4 rings (SSSR count). The van der Waals surface area contributed by atoms with Gasteiger partial charge in [0.2, 0.25) is 5.91 Å². The third-order valence-electron chi connectivity index (χ3n) is 4.17. The maximum absolute atomic E-state index is 12.6. The summed E-state index contributed by atoms with van der Waals surface area (Å²) in [7, 11) is 0. The Morgan fingerprint density at radius 1 is 1.16 bits per heavy atom. The number of anilines is 1. The van der Waals surface area contributed by atoms with E-state index in [1.165, 1.54) is 0 Å². The molecule has 0 aliphatic carbocycles. The van der Waals surface area contributed by atoms with Gasteiger partial charge in [-0.3, -0.25) is 9.79 Å². The molecule has 1 aliphatic heterocycles. The Hall–Kier alpha value is -3.21. The molecule has 5 nitrogen and oxygen atoms in total. The maximum Gasteiger partial charge on any atom is 0.244 e. The van der Waals surface area contributed by atoms with Crippen LogP contribution in [0.25, 0.3) is 16.7 Å². The first-order chi connectivity index (χ1) is 12.2. The van der Waals surface area contributed by atoms with Crippen molar-refractivity contribution in [3.8, 4) is 0 Å². The lowest BCUT2D eigenvalue weighted by atomic mass is 10.2. The second-order valence-electron chi connectivity index (χ2n) is 6.06. The molecule has 25 heavy (non-hydrogen) atoms. The Bertz CT molecular complexity index is 996. The smallest absolute Gasteiger partial charge is 0.244 e. The Morgan fingerprint density at radius 2 is 1.96 bits per heavy atom. The lowest BCUT2D eigenvalue weighted by Crippen LogP contribution is -2.19. The predicted molar refractivity (Wildman–Crippen MR) is 101 cm³/mol. The number of hydrogen-bond acceptors (Lipinski definition) is 3. The maximum atomic E-state index is 12.6. The molecule has 1 N–H and O–H groups in total. The molecule has 0 radical (unpaired) electrons. The van der Waals surface area contributed by atoms with Crippen LogP contribution in [-0.4, -0.2) is 21.7 Å². The molecule has 0 spiro atoms. The van der Waals surface area contributed by atoms with E-state index in [1.807, 2.05) is 72.3 Å². The SMILES string of the molecule is Cc1ccc(NC(=O)Cn2c(C3=CCC=N3)nc3ccccc32)cc1. The minimum atomic E-state index is -0.0872. The molecule has 124 valence electrons. The van der Waals surface area contributed by atoms with Crippen molar-refractivity contribution in [3.63, 3.8) is 0 Å². The zero-order chi connectivity index (χ0) is 17.2. The van der Waals surface area contributed by atoms with E-state index in [-0.39, 0.29) is 12.5 Å². The number of fused-ring (bicyclic) bond motifs is 1. The van der Waals surface area contributed by atoms with Crippen LogP contribution in [0.1, 0.15) is 17.8 Å². The molecular weight excluding hydrogens is 312 g/mol. The van der Waals surface area contributed by atoms with Crippen LogP contribution in [-0.2, 0) is 11.3 Å². The van der Waals surface area contributed by atoms with E-state index in [2.05, 4.69) is 15.3 Å². The summed E-state index contributed by atoms with van der Waals surface area (Å²) in [6.07, 6.45) is 4.68. The Morgan fingerprint density at radius 3 is 2.72 bits per heavy atom. The number of para-hydroxylation sites is 2. The lowest BCUT2D eigenvalue weighted by Gasteiger charge is -2.10. The van der Waals surface area contributed by atoms with Crippen molar-refractivity contribution >= 4 is 34.5 Å². The van der Waals surface area contributed by atoms with Gasteiger partial charge in [-0.15, -0.1) is 0 Å². The second kappa shape index (κ2) is 6.36. The van der Waals surface area contributed by atoms with Gasteiger partial charge in [0, 0.05) is 18.3 Å². The van der Waals surface area contributed by atoms with Gasteiger partial charge < -0.3 is 9.88 Å². The van der Waals surface area contributed by atoms with E-state index in [4.69, 9.17) is 0 Å². The molecule has 0 saturated heterocycles. The molecule has 2 aromatic carbocycles. The number of aryl methyl sites for hydroxylation is 1. The summed E-state index contributed by atoms with van der Waals surface area (Å²) in [6, 6.07) is 15.6. The van der Waals surface area contributed by atoms with Crippen LogP contribution in [0.2, 0.25) is 0 Å². The number of carbonyl (C=O) groups is 1. The number of allylic oxidation sites excluding steroid dienone is 1. The molecule has 0 atom stereocenters. The van der Waals surface area contributed by atoms with Crippen LogP contribution in [0, 0.1) is 6.92 Å². The number of rotatable bonds is 4. The minimum Gasteiger partial charge on any atom is -0.325 e. The van der Waals surface area contributed by atoms with Gasteiger partial charge in [0.1, 0.15) is 12.2 Å². The highest BCUT2D eigenvalue weighted by Gasteiger charge is 2.17. The predicted octanol–water partition coefficient (Wildman–Crippen LogP) is 3.80. The summed E-state index contributed by atoms with van der Waals surface area (Å²) in [6.45, 7) is 2.21. The van der Waals surface area contributed by atoms with E-state index >= 15 is 0 Å². The number of hydrogen-bond donors (Lipinski definition) is 1. The average molecular weight is 330 g/mol. The van der Waals surface area contributed by atoms with E-state index < -0.39 is 0 Å². The highest BCUT2D eigenvalue weighted by molar-refractivity contribution is 5.92. The second-order valence-corrected chi connectivity index (χ2v) is 6.06. The monoisotopic (exact) mass is 330 g/mol. The molecule has 0 unspecified atom stereocenters. The fourth-order valence-corrected chi connectivity index (χ4v) is 2.93. The summed E-state index contributed by atoms with van der Waals surface area (Å²) in [5.74, 6) is 0.643. The van der Waals surface area contributed by atoms with Crippen LogP contribution < -0.4 is 5.32 Å². The van der Waals surface area contributed by atoms with E-state index in [0.717, 1.165) is 40.2 Å². The summed E-state index contributed by atoms with van der Waals surface area (Å²) in [5, 5.41) is 2.94. The topological polar surface area (TPSA) is 59.3 Å². The van der Waals surface area contributed by atoms with Gasteiger partial charge in [-0.05, 0) is 37.3 Å². The Kier molecular flexibility index (Phi) is 3.90. The van der Waals surface area contributed by atoms with E-state index in [1.54, 1.807) is 0 Å². The zero-order valence-corrected chi connectivity index (χ0v) is 13.9. The van der Waals surface area contributed by atoms with Gasteiger partial charge in [0.25, 0.3) is 0 Å². The molecule has 1 aromatic heterocycles. The molecule has 3 aromatic rings. The average Bonchev–Trinajstić information content (AvgIpc) is 3.25. The third-order valence-corrected chi connectivity index (χ3v) is 4.17. The van der Waals surface area contributed by atoms with Crippen molar-refractivity contribution in [2.24, 2.45) is 4.99 Å². The number of aliphatic imine (C=N–C) groups is 1. The van der Waals surface area contributed by atoms with Gasteiger partial charge in [0.05, 0.1) is 11.0 Å². The summed E-state index contributed by atoms with van der Waals surface area (Å²) in [4.78, 5) is 21.6. The molecule has 2 heterocycles. The largest absolute Gasteiger partial charge is 0.325 e. The fourth-order valence-electron chi connectivity index (χ4n) is 2.93. The molecular formula is C20H18N4O. The van der Waals surface area contributed by atoms with Crippen molar-refractivity contribution in [3.05, 3.63) is 66.0 Å². The molecule has 1 aliphatic rings. The van der Waals surface area contributed by atoms with Gasteiger partial charge in [-0.25, -0.2) is 4.98 Å². The molecule has 0 fully saturated rings. The zero-order valence-electron chi connectivity index (χ0n) is 13.9. The highest BCUT2D eigenvalue weighted by atomic mass is 16.1. The number of imidazole rings is 1. The van der Waals surface area contributed by atoms with Gasteiger partial charge in [0.15, 0.2) is 5.82 Å². The Balaban J connectivity index is 1.65. The molecule has 5 heteroatoms. The van der Waals surface area contributed by atoms with Gasteiger partial charge in [-0.1, -0.05) is 29.8 Å². The number of aromatic nitrogens is 2. The Labute approximate surface area is 145 Å². The van der Waals surface area contributed by atoms with Gasteiger partial charge >= 0.3 is 0 Å². The minimum absolute atomic E-state index is 0.0872. The number of amides is 1. The third kappa shape index (κ3) is 3.08. The first-order valence-electron chi connectivity index (χ1n) is 8.25. The first kappa shape index (κ1) is 15.3. The van der Waals surface area contributed by atoms with Crippen molar-refractivity contribution in [2.75, 3.05) is 5.32 Å². The lowest BCUT2D eigenvalue weighted by molar-refractivity contribution is -0.116. The number of nitrogens with one attached hydrogen (secondary N) is 1. The number of nitrogens with zero attached hydrogens (tertiary/aromatic N) is 3.